The van der Waals surface area contributed by atoms with Gasteiger partial charge in [-0.3, -0.25) is 0 Å². The molecule has 0 aromatic carbocycles. The molecule has 5 nitrogen and oxygen atoms in total. The van der Waals surface area contributed by atoms with Gasteiger partial charge in [-0.05, 0) is 12.1 Å². The summed E-state index contributed by atoms with van der Waals surface area (Å²) in [6, 6.07) is 3.10. The van der Waals surface area contributed by atoms with E-state index in [0.717, 1.165) is 0 Å². The molecular formula is C9H8N2O3. The molecule has 0 radical (unpaired) electrons. The molecule has 5 heteroatoms. The van der Waals surface area contributed by atoms with Crippen LogP contribution in [0.15, 0.2) is 18.3 Å². The Bertz CT molecular complexity index is 490. The SMILES string of the molecule is COC(=O)c1cc2cc(O)cnc2[nH]1. The molecule has 0 aliphatic heterocycles. The number of aromatic hydroxyl groups is 1. The number of hydrogen-bond acceptors (Lipinski definition) is 4. The van der Waals surface area contributed by atoms with Gasteiger partial charge in [0.05, 0.1) is 13.3 Å². The van der Waals surface area contributed by atoms with Crippen LogP contribution in [0.4, 0.5) is 0 Å². The van der Waals surface area contributed by atoms with Gasteiger partial charge in [-0.25, -0.2) is 9.78 Å². The number of pyridine rings is 1. The number of aromatic nitrogens is 2. The number of nitrogens with zero attached hydrogens (tertiary/aromatic N) is 1. The number of methoxy groups -OCH3 is 1. The average Bonchev–Trinajstić information content (AvgIpc) is 2.59. The van der Waals surface area contributed by atoms with Gasteiger partial charge in [0, 0.05) is 5.39 Å². The lowest BCUT2D eigenvalue weighted by atomic mass is 10.3. The lowest BCUT2D eigenvalue weighted by Gasteiger charge is -1.91. The zero-order valence-electron chi connectivity index (χ0n) is 7.44. The van der Waals surface area contributed by atoms with Crippen molar-refractivity contribution in [3.8, 4) is 5.75 Å². The van der Waals surface area contributed by atoms with E-state index in [0.29, 0.717) is 16.7 Å². The third-order valence-electron chi connectivity index (χ3n) is 1.86. The minimum absolute atomic E-state index is 0.0629. The van der Waals surface area contributed by atoms with Crippen LogP contribution in [-0.4, -0.2) is 28.2 Å². The number of aromatic amines is 1. The molecule has 0 amide bonds. The van der Waals surface area contributed by atoms with Gasteiger partial charge in [0.1, 0.15) is 17.1 Å². The molecule has 0 saturated carbocycles. The molecule has 2 aromatic rings. The van der Waals surface area contributed by atoms with Crippen molar-refractivity contribution in [3.05, 3.63) is 24.0 Å². The maximum atomic E-state index is 11.1. The topological polar surface area (TPSA) is 75.2 Å². The minimum atomic E-state index is -0.456. The third kappa shape index (κ3) is 1.28. The van der Waals surface area contributed by atoms with Crippen molar-refractivity contribution < 1.29 is 14.6 Å². The van der Waals surface area contributed by atoms with E-state index in [2.05, 4.69) is 14.7 Å². The van der Waals surface area contributed by atoms with E-state index in [1.807, 2.05) is 0 Å². The molecule has 72 valence electrons. The average molecular weight is 192 g/mol. The lowest BCUT2D eigenvalue weighted by molar-refractivity contribution is 0.0595. The molecular weight excluding hydrogens is 184 g/mol. The molecule has 0 atom stereocenters. The van der Waals surface area contributed by atoms with Crippen LogP contribution in [0.5, 0.6) is 5.75 Å². The van der Waals surface area contributed by atoms with Crippen molar-refractivity contribution in [2.24, 2.45) is 0 Å². The summed E-state index contributed by atoms with van der Waals surface area (Å²) < 4.78 is 4.54. The van der Waals surface area contributed by atoms with Gasteiger partial charge >= 0.3 is 5.97 Å². The number of carbonyl (C=O) groups excluding carboxylic acids is 1. The Morgan fingerprint density at radius 2 is 2.36 bits per heavy atom. The van der Waals surface area contributed by atoms with Crippen LogP contribution in [0.1, 0.15) is 10.5 Å². The van der Waals surface area contributed by atoms with Gasteiger partial charge in [0.25, 0.3) is 0 Å². The molecule has 14 heavy (non-hydrogen) atoms. The number of nitrogens with one attached hydrogen (secondary N) is 1. The summed E-state index contributed by atoms with van der Waals surface area (Å²) in [5, 5.41) is 9.81. The Labute approximate surface area is 79.3 Å². The largest absolute Gasteiger partial charge is 0.506 e. The Balaban J connectivity index is 2.56. The first-order valence-corrected chi connectivity index (χ1v) is 3.97. The van der Waals surface area contributed by atoms with Crippen molar-refractivity contribution in [1.82, 2.24) is 9.97 Å². The Kier molecular flexibility index (Phi) is 1.85. The van der Waals surface area contributed by atoms with Crippen molar-refractivity contribution in [3.63, 3.8) is 0 Å². The Hall–Kier alpha value is -2.04. The number of ether oxygens (including phenoxy) is 1. The number of rotatable bonds is 1. The molecule has 0 unspecified atom stereocenters. The first-order valence-electron chi connectivity index (χ1n) is 3.97. The Morgan fingerprint density at radius 1 is 1.57 bits per heavy atom. The number of H-pyrrole nitrogens is 1. The second kappa shape index (κ2) is 3.02. The summed E-state index contributed by atoms with van der Waals surface area (Å²) in [5.41, 5.74) is 0.865. The highest BCUT2D eigenvalue weighted by Crippen LogP contribution is 2.18. The molecule has 0 saturated heterocycles. The fourth-order valence-electron chi connectivity index (χ4n) is 1.22. The summed E-state index contributed by atoms with van der Waals surface area (Å²) in [7, 11) is 1.30. The molecule has 0 spiro atoms. The highest BCUT2D eigenvalue weighted by Gasteiger charge is 2.09. The first kappa shape index (κ1) is 8.55. The monoisotopic (exact) mass is 192 g/mol. The number of fused-ring (bicyclic) bond motifs is 1. The zero-order valence-corrected chi connectivity index (χ0v) is 7.44. The summed E-state index contributed by atoms with van der Waals surface area (Å²) in [6.07, 6.45) is 1.31. The van der Waals surface area contributed by atoms with E-state index in [1.54, 1.807) is 6.07 Å². The number of hydrogen-bond donors (Lipinski definition) is 2. The van der Waals surface area contributed by atoms with E-state index in [1.165, 1.54) is 19.4 Å². The van der Waals surface area contributed by atoms with Gasteiger partial charge in [-0.1, -0.05) is 0 Å². The fourth-order valence-corrected chi connectivity index (χ4v) is 1.22. The van der Waals surface area contributed by atoms with Crippen LogP contribution in [0.3, 0.4) is 0 Å². The van der Waals surface area contributed by atoms with Crippen molar-refractivity contribution >= 4 is 17.0 Å². The Morgan fingerprint density at radius 3 is 3.07 bits per heavy atom. The van der Waals surface area contributed by atoms with E-state index < -0.39 is 5.97 Å². The van der Waals surface area contributed by atoms with Crippen molar-refractivity contribution in [2.45, 2.75) is 0 Å². The van der Waals surface area contributed by atoms with E-state index in [9.17, 15) is 4.79 Å². The second-order valence-corrected chi connectivity index (χ2v) is 2.81. The quantitative estimate of drug-likeness (QED) is 0.662. The predicted octanol–water partition coefficient (Wildman–Crippen LogP) is 1.06. The van der Waals surface area contributed by atoms with Gasteiger partial charge < -0.3 is 14.8 Å². The van der Waals surface area contributed by atoms with Crippen LogP contribution >= 0.6 is 0 Å². The number of carbonyl (C=O) groups is 1. The van der Waals surface area contributed by atoms with Crippen LogP contribution in [-0.2, 0) is 4.74 Å². The highest BCUT2D eigenvalue weighted by atomic mass is 16.5. The smallest absolute Gasteiger partial charge is 0.354 e. The van der Waals surface area contributed by atoms with Gasteiger partial charge in [0.15, 0.2) is 0 Å². The molecule has 2 N–H and O–H groups in total. The van der Waals surface area contributed by atoms with Crippen LogP contribution in [0.25, 0.3) is 11.0 Å². The summed E-state index contributed by atoms with van der Waals surface area (Å²) in [5.74, 6) is -0.393. The van der Waals surface area contributed by atoms with Crippen molar-refractivity contribution in [1.29, 1.82) is 0 Å². The molecule has 2 rings (SSSR count). The summed E-state index contributed by atoms with van der Waals surface area (Å²) in [4.78, 5) is 17.8. The van der Waals surface area contributed by atoms with Crippen molar-refractivity contribution in [2.75, 3.05) is 7.11 Å². The van der Waals surface area contributed by atoms with Crippen LogP contribution in [0.2, 0.25) is 0 Å². The minimum Gasteiger partial charge on any atom is -0.506 e. The van der Waals surface area contributed by atoms with Crippen LogP contribution < -0.4 is 0 Å². The van der Waals surface area contributed by atoms with Gasteiger partial charge in [0.2, 0.25) is 0 Å². The summed E-state index contributed by atoms with van der Waals surface area (Å²) in [6.45, 7) is 0. The molecule has 2 heterocycles. The van der Waals surface area contributed by atoms with Gasteiger partial charge in [-0.2, -0.15) is 0 Å². The molecule has 2 aromatic heterocycles. The molecule has 0 bridgehead atoms. The first-order chi connectivity index (χ1) is 6.70. The third-order valence-corrected chi connectivity index (χ3v) is 1.86. The maximum Gasteiger partial charge on any atom is 0.354 e. The highest BCUT2D eigenvalue weighted by molar-refractivity contribution is 5.93. The standard InChI is InChI=1S/C9H8N2O3/c1-14-9(13)7-3-5-2-6(12)4-10-8(5)11-7/h2-4,12H,1H3,(H,10,11). The zero-order chi connectivity index (χ0) is 10.1. The molecule has 0 fully saturated rings. The molecule has 0 aliphatic carbocycles. The fraction of sp³-hybridized carbons (Fsp3) is 0.111. The second-order valence-electron chi connectivity index (χ2n) is 2.81. The summed E-state index contributed by atoms with van der Waals surface area (Å²) >= 11 is 0. The maximum absolute atomic E-state index is 11.1. The van der Waals surface area contributed by atoms with E-state index >= 15 is 0 Å². The lowest BCUT2D eigenvalue weighted by Crippen LogP contribution is -2.00. The normalized spacial score (nSPS) is 10.4. The van der Waals surface area contributed by atoms with E-state index in [4.69, 9.17) is 5.11 Å². The molecule has 0 aliphatic rings. The number of esters is 1. The van der Waals surface area contributed by atoms with Gasteiger partial charge in [-0.15, -0.1) is 0 Å². The predicted molar refractivity (Wildman–Crippen MR) is 49.1 cm³/mol. The van der Waals surface area contributed by atoms with Crippen LogP contribution in [0, 0.1) is 0 Å². The van der Waals surface area contributed by atoms with E-state index in [-0.39, 0.29) is 5.75 Å².